The van der Waals surface area contributed by atoms with Gasteiger partial charge in [-0.1, -0.05) is 28.9 Å². The summed E-state index contributed by atoms with van der Waals surface area (Å²) < 4.78 is 25.0. The number of halogens is 2. The molecule has 1 aromatic heterocycles. The number of aliphatic carboxylic acids is 1. The van der Waals surface area contributed by atoms with Crippen LogP contribution in [0.4, 0.5) is 4.39 Å². The molecule has 0 amide bonds. The van der Waals surface area contributed by atoms with Crippen LogP contribution in [-0.2, 0) is 17.8 Å². The van der Waals surface area contributed by atoms with Crippen LogP contribution in [0.2, 0.25) is 5.02 Å². The van der Waals surface area contributed by atoms with Crippen LogP contribution in [0.25, 0.3) is 11.1 Å². The van der Waals surface area contributed by atoms with Gasteiger partial charge in [-0.15, -0.1) is 0 Å². The Morgan fingerprint density at radius 2 is 2.04 bits per heavy atom. The predicted molar refractivity (Wildman–Crippen MR) is 103 cm³/mol. The molecule has 3 rings (SSSR count). The third kappa shape index (κ3) is 4.51. The van der Waals surface area contributed by atoms with Crippen LogP contribution >= 0.6 is 11.6 Å². The van der Waals surface area contributed by atoms with Crippen molar-refractivity contribution in [3.05, 3.63) is 69.8 Å². The second-order valence-electron chi connectivity index (χ2n) is 6.45. The van der Waals surface area contributed by atoms with Gasteiger partial charge in [-0.3, -0.25) is 4.79 Å². The van der Waals surface area contributed by atoms with Gasteiger partial charge in [-0.25, -0.2) is 4.39 Å². The summed E-state index contributed by atoms with van der Waals surface area (Å²) in [5.41, 5.74) is 3.60. The predicted octanol–water partition coefficient (Wildman–Crippen LogP) is 5.35. The molecule has 0 bridgehead atoms. The number of rotatable bonds is 7. The van der Waals surface area contributed by atoms with Crippen LogP contribution in [0.15, 0.2) is 40.9 Å². The topological polar surface area (TPSA) is 72.6 Å². The largest absolute Gasteiger partial charge is 0.489 e. The lowest BCUT2D eigenvalue weighted by atomic mass is 10.0. The van der Waals surface area contributed by atoms with Crippen molar-refractivity contribution in [3.63, 3.8) is 0 Å². The number of carboxylic acid groups (broad SMARTS) is 1. The van der Waals surface area contributed by atoms with E-state index in [-0.39, 0.29) is 19.4 Å². The minimum Gasteiger partial charge on any atom is -0.489 e. The average molecular weight is 404 g/mol. The van der Waals surface area contributed by atoms with Gasteiger partial charge in [0, 0.05) is 28.6 Å². The smallest absolute Gasteiger partial charge is 0.303 e. The molecule has 7 heteroatoms. The van der Waals surface area contributed by atoms with E-state index in [1.54, 1.807) is 18.2 Å². The number of aromatic nitrogens is 1. The molecule has 0 atom stereocenters. The van der Waals surface area contributed by atoms with Crippen LogP contribution < -0.4 is 4.74 Å². The van der Waals surface area contributed by atoms with E-state index in [0.29, 0.717) is 22.1 Å². The lowest BCUT2D eigenvalue weighted by molar-refractivity contribution is -0.136. The monoisotopic (exact) mass is 403 g/mol. The molecular weight excluding hydrogens is 385 g/mol. The van der Waals surface area contributed by atoms with E-state index in [9.17, 15) is 9.18 Å². The Balaban J connectivity index is 1.74. The fraction of sp³-hybridized carbons (Fsp3) is 0.238. The quantitative estimate of drug-likeness (QED) is 0.575. The zero-order chi connectivity index (χ0) is 20.3. The SMILES string of the molecule is Cc1noc(C)c1-c1cc(COc2ccc(CCC(=O)O)c(F)c2)ccc1Cl. The summed E-state index contributed by atoms with van der Waals surface area (Å²) in [5.74, 6) is -0.398. The van der Waals surface area contributed by atoms with E-state index in [1.807, 2.05) is 26.0 Å². The first-order valence-electron chi connectivity index (χ1n) is 8.70. The lowest BCUT2D eigenvalue weighted by Gasteiger charge is -2.11. The highest BCUT2D eigenvalue weighted by Gasteiger charge is 2.15. The van der Waals surface area contributed by atoms with Crippen molar-refractivity contribution < 1.29 is 23.6 Å². The maximum absolute atomic E-state index is 14.1. The molecule has 1 heterocycles. The summed E-state index contributed by atoms with van der Waals surface area (Å²) in [6, 6.07) is 9.95. The molecule has 0 aliphatic carbocycles. The molecule has 28 heavy (non-hydrogen) atoms. The van der Waals surface area contributed by atoms with E-state index < -0.39 is 11.8 Å². The van der Waals surface area contributed by atoms with Gasteiger partial charge in [-0.05, 0) is 49.6 Å². The zero-order valence-electron chi connectivity index (χ0n) is 15.5. The van der Waals surface area contributed by atoms with E-state index >= 15 is 0 Å². The molecule has 0 aliphatic rings. The molecule has 0 radical (unpaired) electrons. The molecule has 0 unspecified atom stereocenters. The second-order valence-corrected chi connectivity index (χ2v) is 6.86. The lowest BCUT2D eigenvalue weighted by Crippen LogP contribution is -2.01. The van der Waals surface area contributed by atoms with Gasteiger partial charge in [-0.2, -0.15) is 0 Å². The number of hydrogen-bond acceptors (Lipinski definition) is 4. The molecule has 5 nitrogen and oxygen atoms in total. The Kier molecular flexibility index (Phi) is 5.99. The third-order valence-corrected chi connectivity index (χ3v) is 4.70. The maximum atomic E-state index is 14.1. The number of carbonyl (C=O) groups is 1. The molecular formula is C21H19ClFNO4. The Morgan fingerprint density at radius 3 is 2.68 bits per heavy atom. The second kappa shape index (κ2) is 8.44. The summed E-state index contributed by atoms with van der Waals surface area (Å²) in [6.07, 6.45) is 0.0196. The normalized spacial score (nSPS) is 10.9. The van der Waals surface area contributed by atoms with Crippen LogP contribution in [0.5, 0.6) is 5.75 Å². The van der Waals surface area contributed by atoms with E-state index in [0.717, 1.165) is 22.4 Å². The highest BCUT2D eigenvalue weighted by atomic mass is 35.5. The molecule has 3 aromatic rings. The van der Waals surface area contributed by atoms with Gasteiger partial charge < -0.3 is 14.4 Å². The van der Waals surface area contributed by atoms with E-state index in [1.165, 1.54) is 6.07 Å². The molecule has 0 fully saturated rings. The fourth-order valence-corrected chi connectivity index (χ4v) is 3.16. The van der Waals surface area contributed by atoms with Gasteiger partial charge in [0.25, 0.3) is 0 Å². The van der Waals surface area contributed by atoms with Gasteiger partial charge >= 0.3 is 5.97 Å². The first-order valence-corrected chi connectivity index (χ1v) is 9.07. The highest BCUT2D eigenvalue weighted by molar-refractivity contribution is 6.33. The Hall–Kier alpha value is -2.86. The number of nitrogens with zero attached hydrogens (tertiary/aromatic N) is 1. The van der Waals surface area contributed by atoms with Gasteiger partial charge in [0.1, 0.15) is 23.9 Å². The summed E-state index contributed by atoms with van der Waals surface area (Å²) in [7, 11) is 0. The number of benzene rings is 2. The van der Waals surface area contributed by atoms with Crippen molar-refractivity contribution >= 4 is 17.6 Å². The van der Waals surface area contributed by atoms with Crippen molar-refractivity contribution in [1.29, 1.82) is 0 Å². The van der Waals surface area contributed by atoms with Crippen LogP contribution in [0.3, 0.4) is 0 Å². The minimum absolute atomic E-state index is 0.119. The fourth-order valence-electron chi connectivity index (χ4n) is 2.95. The third-order valence-electron chi connectivity index (χ3n) is 4.37. The van der Waals surface area contributed by atoms with E-state index in [2.05, 4.69) is 5.16 Å². The number of hydrogen-bond donors (Lipinski definition) is 1. The first-order chi connectivity index (χ1) is 13.3. The Morgan fingerprint density at radius 1 is 1.25 bits per heavy atom. The Labute approximate surface area is 166 Å². The Bertz CT molecular complexity index is 996. The number of aryl methyl sites for hydroxylation is 3. The summed E-state index contributed by atoms with van der Waals surface area (Å²) >= 11 is 6.34. The molecule has 1 N–H and O–H groups in total. The summed E-state index contributed by atoms with van der Waals surface area (Å²) in [5, 5.41) is 13.2. The van der Waals surface area contributed by atoms with Crippen molar-refractivity contribution in [2.45, 2.75) is 33.3 Å². The summed E-state index contributed by atoms with van der Waals surface area (Å²) in [6.45, 7) is 3.89. The van der Waals surface area contributed by atoms with Crippen LogP contribution in [-0.4, -0.2) is 16.2 Å². The molecule has 0 saturated carbocycles. The molecule has 2 aromatic carbocycles. The molecule has 146 valence electrons. The van der Waals surface area contributed by atoms with Crippen LogP contribution in [0, 0.1) is 19.7 Å². The van der Waals surface area contributed by atoms with Crippen molar-refractivity contribution in [3.8, 4) is 16.9 Å². The van der Waals surface area contributed by atoms with Crippen molar-refractivity contribution in [1.82, 2.24) is 5.16 Å². The van der Waals surface area contributed by atoms with Gasteiger partial charge in [0.05, 0.1) is 5.69 Å². The van der Waals surface area contributed by atoms with Gasteiger partial charge in [0.15, 0.2) is 0 Å². The maximum Gasteiger partial charge on any atom is 0.303 e. The van der Waals surface area contributed by atoms with Gasteiger partial charge in [0.2, 0.25) is 0 Å². The molecule has 0 saturated heterocycles. The highest BCUT2D eigenvalue weighted by Crippen LogP contribution is 2.33. The molecule has 0 aliphatic heterocycles. The average Bonchev–Trinajstić information content (AvgIpc) is 2.98. The summed E-state index contributed by atoms with van der Waals surface area (Å²) in [4.78, 5) is 10.6. The zero-order valence-corrected chi connectivity index (χ0v) is 16.2. The number of carboxylic acids is 1. The number of ether oxygens (including phenoxy) is 1. The standard InChI is InChI=1S/C21H19ClFNO4/c1-12-21(13(2)28-24-12)17-9-14(3-7-18(17)22)11-27-16-6-4-15(19(23)10-16)5-8-20(25)26/h3-4,6-7,9-10H,5,8,11H2,1-2H3,(H,25,26). The van der Waals surface area contributed by atoms with Crippen molar-refractivity contribution in [2.24, 2.45) is 0 Å². The van der Waals surface area contributed by atoms with Crippen LogP contribution in [0.1, 0.15) is 29.0 Å². The first kappa shape index (κ1) is 19.9. The minimum atomic E-state index is -0.962. The van der Waals surface area contributed by atoms with Crippen molar-refractivity contribution in [2.75, 3.05) is 0 Å². The van der Waals surface area contributed by atoms with E-state index in [4.69, 9.17) is 26.0 Å². The molecule has 0 spiro atoms.